The van der Waals surface area contributed by atoms with E-state index in [-0.39, 0.29) is 11.4 Å². The number of non-ortho nitro benzene ring substituents is 1. The van der Waals surface area contributed by atoms with E-state index >= 15 is 0 Å². The van der Waals surface area contributed by atoms with Crippen molar-refractivity contribution < 1.29 is 29.5 Å². The topological polar surface area (TPSA) is 159 Å². The van der Waals surface area contributed by atoms with Crippen LogP contribution < -0.4 is 10.6 Å². The van der Waals surface area contributed by atoms with Gasteiger partial charge in [-0.05, 0) is 12.1 Å². The molecule has 0 saturated heterocycles. The fraction of sp³-hybridized carbons (Fsp3) is 0.182. The Hall–Kier alpha value is -3.17. The number of carboxylic acid groups (broad SMARTS) is 2. The van der Waals surface area contributed by atoms with Gasteiger partial charge < -0.3 is 20.8 Å². The number of nitrogens with zero attached hydrogens (tertiary/aromatic N) is 1. The lowest BCUT2D eigenvalue weighted by atomic mass is 10.2. The Morgan fingerprint density at radius 3 is 2.19 bits per heavy atom. The molecule has 0 saturated carbocycles. The van der Waals surface area contributed by atoms with Crippen LogP contribution in [0.1, 0.15) is 6.42 Å². The molecule has 1 atom stereocenters. The number of carboxylic acids is 2. The molecule has 0 spiro atoms. The Labute approximate surface area is 117 Å². The zero-order valence-corrected chi connectivity index (χ0v) is 10.5. The van der Waals surface area contributed by atoms with E-state index in [4.69, 9.17) is 10.2 Å². The van der Waals surface area contributed by atoms with Gasteiger partial charge in [-0.15, -0.1) is 0 Å². The minimum absolute atomic E-state index is 0.171. The zero-order valence-electron chi connectivity index (χ0n) is 10.5. The lowest BCUT2D eigenvalue weighted by Gasteiger charge is -2.13. The first kappa shape index (κ1) is 15.9. The van der Waals surface area contributed by atoms with Crippen molar-refractivity contribution in [1.29, 1.82) is 0 Å². The normalized spacial score (nSPS) is 11.2. The van der Waals surface area contributed by atoms with Crippen molar-refractivity contribution in [2.45, 2.75) is 12.5 Å². The van der Waals surface area contributed by atoms with Gasteiger partial charge in [0.1, 0.15) is 6.04 Å². The maximum absolute atomic E-state index is 11.5. The highest BCUT2D eigenvalue weighted by atomic mass is 16.6. The maximum atomic E-state index is 11.5. The number of carbonyl (C=O) groups is 3. The van der Waals surface area contributed by atoms with Crippen molar-refractivity contribution in [3.8, 4) is 0 Å². The molecule has 0 fully saturated rings. The van der Waals surface area contributed by atoms with Gasteiger partial charge in [-0.3, -0.25) is 14.9 Å². The first-order valence-corrected chi connectivity index (χ1v) is 5.56. The number of benzene rings is 1. The number of nitro benzene ring substituents is 1. The standard InChI is InChI=1S/C11H11N3O7/c15-9(16)5-8(10(17)18)13-11(19)12-6-1-3-7(4-2-6)14(20)21/h1-4,8H,5H2,(H,15,16)(H,17,18)(H2,12,13,19)/t8-/m1/s1. The molecule has 0 aliphatic heterocycles. The van der Waals surface area contributed by atoms with Crippen LogP contribution in [0.5, 0.6) is 0 Å². The molecule has 0 bridgehead atoms. The summed E-state index contributed by atoms with van der Waals surface area (Å²) in [6.45, 7) is 0. The Kier molecular flexibility index (Phi) is 5.17. The predicted octanol–water partition coefficient (Wildman–Crippen LogP) is 0.644. The molecule has 0 aromatic heterocycles. The number of aliphatic carboxylic acids is 2. The number of hydrogen-bond acceptors (Lipinski definition) is 5. The minimum Gasteiger partial charge on any atom is -0.481 e. The Balaban J connectivity index is 2.65. The van der Waals surface area contributed by atoms with Crippen molar-refractivity contribution in [3.05, 3.63) is 34.4 Å². The van der Waals surface area contributed by atoms with Crippen LogP contribution in [0, 0.1) is 10.1 Å². The number of hydrogen-bond donors (Lipinski definition) is 4. The second kappa shape index (κ2) is 6.84. The predicted molar refractivity (Wildman–Crippen MR) is 68.9 cm³/mol. The van der Waals surface area contributed by atoms with E-state index < -0.39 is 35.4 Å². The highest BCUT2D eigenvalue weighted by Gasteiger charge is 2.23. The van der Waals surface area contributed by atoms with E-state index in [0.717, 1.165) is 12.1 Å². The van der Waals surface area contributed by atoms with Gasteiger partial charge in [0.25, 0.3) is 5.69 Å². The molecule has 0 aliphatic carbocycles. The summed E-state index contributed by atoms with van der Waals surface area (Å²) in [5.74, 6) is -2.87. The summed E-state index contributed by atoms with van der Waals surface area (Å²) >= 11 is 0. The second-order valence-electron chi connectivity index (χ2n) is 3.89. The lowest BCUT2D eigenvalue weighted by molar-refractivity contribution is -0.384. The molecule has 112 valence electrons. The summed E-state index contributed by atoms with van der Waals surface area (Å²) in [6.07, 6.45) is -0.775. The zero-order chi connectivity index (χ0) is 16.0. The highest BCUT2D eigenvalue weighted by molar-refractivity contribution is 5.93. The fourth-order valence-corrected chi connectivity index (χ4v) is 1.37. The molecule has 10 heteroatoms. The third kappa shape index (κ3) is 5.14. The van der Waals surface area contributed by atoms with Crippen LogP contribution in [0.15, 0.2) is 24.3 Å². The van der Waals surface area contributed by atoms with Gasteiger partial charge in [0, 0.05) is 17.8 Å². The summed E-state index contributed by atoms with van der Waals surface area (Å²) < 4.78 is 0. The smallest absolute Gasteiger partial charge is 0.326 e. The summed E-state index contributed by atoms with van der Waals surface area (Å²) in [5, 5.41) is 31.9. The second-order valence-corrected chi connectivity index (χ2v) is 3.89. The third-order valence-electron chi connectivity index (χ3n) is 2.32. The summed E-state index contributed by atoms with van der Waals surface area (Å²) in [5.41, 5.74) is 0.0211. The number of nitro groups is 1. The molecule has 0 heterocycles. The summed E-state index contributed by atoms with van der Waals surface area (Å²) in [4.78, 5) is 42.6. The number of urea groups is 1. The highest BCUT2D eigenvalue weighted by Crippen LogP contribution is 2.15. The largest absolute Gasteiger partial charge is 0.481 e. The first-order chi connectivity index (χ1) is 9.79. The number of amides is 2. The maximum Gasteiger partial charge on any atom is 0.326 e. The number of anilines is 1. The van der Waals surface area contributed by atoms with Crippen LogP contribution in [-0.4, -0.2) is 39.1 Å². The Morgan fingerprint density at radius 2 is 1.76 bits per heavy atom. The molecule has 21 heavy (non-hydrogen) atoms. The average molecular weight is 297 g/mol. The number of nitrogens with one attached hydrogen (secondary N) is 2. The monoisotopic (exact) mass is 297 g/mol. The molecule has 1 aromatic rings. The van der Waals surface area contributed by atoms with Crippen molar-refractivity contribution in [1.82, 2.24) is 5.32 Å². The van der Waals surface area contributed by atoms with E-state index in [1.165, 1.54) is 12.1 Å². The van der Waals surface area contributed by atoms with Crippen molar-refractivity contribution in [2.75, 3.05) is 5.32 Å². The van der Waals surface area contributed by atoms with E-state index in [0.29, 0.717) is 0 Å². The van der Waals surface area contributed by atoms with Crippen molar-refractivity contribution >= 4 is 29.3 Å². The molecule has 1 aromatic carbocycles. The summed E-state index contributed by atoms with van der Waals surface area (Å²) in [7, 11) is 0. The van der Waals surface area contributed by atoms with Crippen LogP contribution in [0.25, 0.3) is 0 Å². The number of carbonyl (C=O) groups excluding carboxylic acids is 1. The lowest BCUT2D eigenvalue weighted by Crippen LogP contribution is -2.44. The van der Waals surface area contributed by atoms with Gasteiger partial charge in [0.05, 0.1) is 11.3 Å². The van der Waals surface area contributed by atoms with Gasteiger partial charge in [-0.1, -0.05) is 0 Å². The van der Waals surface area contributed by atoms with Gasteiger partial charge in [-0.2, -0.15) is 0 Å². The molecule has 10 nitrogen and oxygen atoms in total. The van der Waals surface area contributed by atoms with Gasteiger partial charge in [0.2, 0.25) is 0 Å². The van der Waals surface area contributed by atoms with E-state index in [1.807, 2.05) is 5.32 Å². The van der Waals surface area contributed by atoms with Crippen LogP contribution in [-0.2, 0) is 9.59 Å². The van der Waals surface area contributed by atoms with Crippen LogP contribution >= 0.6 is 0 Å². The third-order valence-corrected chi connectivity index (χ3v) is 2.32. The van der Waals surface area contributed by atoms with E-state index in [1.54, 1.807) is 0 Å². The first-order valence-electron chi connectivity index (χ1n) is 5.56. The molecule has 0 aliphatic rings. The van der Waals surface area contributed by atoms with E-state index in [9.17, 15) is 24.5 Å². The SMILES string of the molecule is O=C(O)C[C@@H](NC(=O)Nc1ccc([N+](=O)[O-])cc1)C(=O)O. The van der Waals surface area contributed by atoms with Crippen LogP contribution in [0.4, 0.5) is 16.2 Å². The van der Waals surface area contributed by atoms with Gasteiger partial charge in [0.15, 0.2) is 0 Å². The van der Waals surface area contributed by atoms with Gasteiger partial charge >= 0.3 is 18.0 Å². The quantitative estimate of drug-likeness (QED) is 0.443. The average Bonchev–Trinajstić information content (AvgIpc) is 2.37. The van der Waals surface area contributed by atoms with Crippen LogP contribution in [0.3, 0.4) is 0 Å². The molecular weight excluding hydrogens is 286 g/mol. The molecule has 1 rings (SSSR count). The van der Waals surface area contributed by atoms with E-state index in [2.05, 4.69) is 5.32 Å². The molecule has 0 unspecified atom stereocenters. The van der Waals surface area contributed by atoms with Crippen molar-refractivity contribution in [3.63, 3.8) is 0 Å². The summed E-state index contributed by atoms with van der Waals surface area (Å²) in [6, 6.07) is 2.30. The molecule has 4 N–H and O–H groups in total. The van der Waals surface area contributed by atoms with Crippen LogP contribution in [0.2, 0.25) is 0 Å². The van der Waals surface area contributed by atoms with Crippen molar-refractivity contribution in [2.24, 2.45) is 0 Å². The van der Waals surface area contributed by atoms with Gasteiger partial charge in [-0.25, -0.2) is 9.59 Å². The minimum atomic E-state index is -1.58. The Morgan fingerprint density at radius 1 is 1.19 bits per heavy atom. The fourth-order valence-electron chi connectivity index (χ4n) is 1.37. The number of rotatable bonds is 6. The molecular formula is C11H11N3O7. The molecule has 2 amide bonds. The molecule has 0 radical (unpaired) electrons. The Bertz CT molecular complexity index is 570.